The molecule has 0 aliphatic carbocycles. The molecule has 3 N–H and O–H groups in total. The van der Waals surface area contributed by atoms with Crippen molar-refractivity contribution in [2.24, 2.45) is 0 Å². The molecular weight excluding hydrogens is 590 g/mol. The van der Waals surface area contributed by atoms with E-state index in [1.807, 2.05) is 24.3 Å². The van der Waals surface area contributed by atoms with E-state index in [0.717, 1.165) is 76.5 Å². The highest BCUT2D eigenvalue weighted by molar-refractivity contribution is 6.44. The summed E-state index contributed by atoms with van der Waals surface area (Å²) in [5, 5.41) is 40.3. The summed E-state index contributed by atoms with van der Waals surface area (Å²) >= 11 is 0. The van der Waals surface area contributed by atoms with Gasteiger partial charge in [0.25, 0.3) is 0 Å². The number of hydrogen-bond acceptors (Lipinski definition) is 4. The van der Waals surface area contributed by atoms with E-state index in [0.29, 0.717) is 5.56 Å². The first kappa shape index (κ1) is 28.1. The van der Waals surface area contributed by atoms with E-state index in [-0.39, 0.29) is 16.5 Å². The second kappa shape index (κ2) is 10.4. The third-order valence-corrected chi connectivity index (χ3v) is 9.54. The van der Waals surface area contributed by atoms with Crippen molar-refractivity contribution in [2.45, 2.75) is 0 Å². The summed E-state index contributed by atoms with van der Waals surface area (Å²) in [5.41, 5.74) is 6.01. The van der Waals surface area contributed by atoms with Crippen molar-refractivity contribution in [3.63, 3.8) is 0 Å². The maximum atomic E-state index is 10.7. The molecule has 4 nitrogen and oxygen atoms in total. The second-order valence-electron chi connectivity index (χ2n) is 12.1. The Kier molecular flexibility index (Phi) is 6.12. The van der Waals surface area contributed by atoms with Crippen LogP contribution in [0.4, 0.5) is 0 Å². The molecule has 0 fully saturated rings. The molecule has 9 rings (SSSR count). The zero-order chi connectivity index (χ0) is 32.7. The van der Waals surface area contributed by atoms with E-state index in [9.17, 15) is 15.3 Å². The number of aromatic hydroxyl groups is 3. The Bertz CT molecular complexity index is 2690. The highest BCUT2D eigenvalue weighted by Gasteiger charge is 2.21. The average molecular weight is 614 g/mol. The topological polar surface area (TPSA) is 73.8 Å². The smallest absolute Gasteiger partial charge is 0.143 e. The van der Waals surface area contributed by atoms with Crippen molar-refractivity contribution in [2.75, 3.05) is 0 Å². The van der Waals surface area contributed by atoms with Crippen LogP contribution in [-0.2, 0) is 0 Å². The van der Waals surface area contributed by atoms with Crippen LogP contribution in [0.25, 0.3) is 87.6 Å². The van der Waals surface area contributed by atoms with Crippen LogP contribution in [0.3, 0.4) is 0 Å². The standard InChI is InChI=1S/C42H24B2O4/c43-37-39(45)36(40(46)38(44)41(37)47)24-15-13-23(14-16-24)34-27-9-3-5-11-29(27)35(30-12-6-4-10-28(30)34)25-18-20-33-32(21-25)31-19-17-22-7-1-2-8-26(22)42(31)48-33/h1-21,45-47H. The van der Waals surface area contributed by atoms with Crippen LogP contribution >= 0.6 is 0 Å². The molecule has 4 radical (unpaired) electrons. The van der Waals surface area contributed by atoms with Crippen LogP contribution in [0.1, 0.15) is 0 Å². The fourth-order valence-electron chi connectivity index (χ4n) is 7.24. The van der Waals surface area contributed by atoms with Gasteiger partial charge in [-0.2, -0.15) is 0 Å². The molecular formula is C42H24B2O4. The van der Waals surface area contributed by atoms with E-state index in [1.165, 1.54) is 0 Å². The Hall–Kier alpha value is -6.13. The molecule has 0 saturated heterocycles. The molecule has 0 aliphatic rings. The monoisotopic (exact) mass is 614 g/mol. The summed E-state index contributed by atoms with van der Waals surface area (Å²) in [6.45, 7) is 0. The van der Waals surface area contributed by atoms with Gasteiger partial charge >= 0.3 is 0 Å². The van der Waals surface area contributed by atoms with E-state index in [4.69, 9.17) is 20.1 Å². The van der Waals surface area contributed by atoms with Crippen molar-refractivity contribution < 1.29 is 19.7 Å². The van der Waals surface area contributed by atoms with Crippen molar-refractivity contribution >= 4 is 80.9 Å². The van der Waals surface area contributed by atoms with Gasteiger partial charge in [-0.3, -0.25) is 0 Å². The van der Waals surface area contributed by atoms with Gasteiger partial charge < -0.3 is 19.7 Å². The van der Waals surface area contributed by atoms with Gasteiger partial charge in [0.05, 0.1) is 5.56 Å². The average Bonchev–Trinajstić information content (AvgIpc) is 3.51. The van der Waals surface area contributed by atoms with Gasteiger partial charge in [0.1, 0.15) is 44.1 Å². The fourth-order valence-corrected chi connectivity index (χ4v) is 7.24. The summed E-state index contributed by atoms with van der Waals surface area (Å²) in [4.78, 5) is 0. The highest BCUT2D eigenvalue weighted by atomic mass is 16.3. The Morgan fingerprint density at radius 3 is 1.46 bits per heavy atom. The first-order valence-corrected chi connectivity index (χ1v) is 15.6. The number of furan rings is 1. The predicted octanol–water partition coefficient (Wildman–Crippen LogP) is 8.75. The zero-order valence-corrected chi connectivity index (χ0v) is 25.5. The summed E-state index contributed by atoms with van der Waals surface area (Å²) in [6.07, 6.45) is 0. The quantitative estimate of drug-likeness (QED) is 0.138. The minimum atomic E-state index is -0.544. The Morgan fingerprint density at radius 2 is 0.875 bits per heavy atom. The van der Waals surface area contributed by atoms with Gasteiger partial charge in [0.15, 0.2) is 0 Å². The Morgan fingerprint density at radius 1 is 0.396 bits per heavy atom. The predicted molar refractivity (Wildman–Crippen MR) is 198 cm³/mol. The lowest BCUT2D eigenvalue weighted by atomic mass is 9.80. The molecule has 0 spiro atoms. The van der Waals surface area contributed by atoms with Crippen LogP contribution in [-0.4, -0.2) is 31.0 Å². The summed E-state index contributed by atoms with van der Waals surface area (Å²) < 4.78 is 6.43. The SMILES string of the molecule is [B]c1c(O)c([B])c(O)c(-c2ccc(-c3c4ccccc4c(-c4ccc5oc6c7ccccc7ccc6c5c4)c4ccccc34)cc2)c1O. The molecule has 0 unspecified atom stereocenters. The summed E-state index contributed by atoms with van der Waals surface area (Å²) in [5.74, 6) is -1.40. The van der Waals surface area contributed by atoms with E-state index in [1.54, 1.807) is 12.1 Å². The van der Waals surface area contributed by atoms with Gasteiger partial charge in [-0.1, -0.05) is 109 Å². The first-order valence-electron chi connectivity index (χ1n) is 15.6. The maximum Gasteiger partial charge on any atom is 0.143 e. The molecule has 1 aromatic heterocycles. The normalized spacial score (nSPS) is 11.8. The van der Waals surface area contributed by atoms with Crippen LogP contribution in [0.5, 0.6) is 17.2 Å². The van der Waals surface area contributed by atoms with Gasteiger partial charge in [0.2, 0.25) is 0 Å². The van der Waals surface area contributed by atoms with Crippen molar-refractivity contribution in [1.29, 1.82) is 0 Å². The molecule has 222 valence electrons. The lowest BCUT2D eigenvalue weighted by Gasteiger charge is -2.18. The van der Waals surface area contributed by atoms with Crippen molar-refractivity contribution in [3.8, 4) is 50.6 Å². The number of benzene rings is 8. The molecule has 1 heterocycles. The highest BCUT2D eigenvalue weighted by Crippen LogP contribution is 2.46. The van der Waals surface area contributed by atoms with E-state index < -0.39 is 17.2 Å². The van der Waals surface area contributed by atoms with E-state index in [2.05, 4.69) is 91.0 Å². The molecule has 0 amide bonds. The molecule has 6 heteroatoms. The number of phenols is 3. The zero-order valence-electron chi connectivity index (χ0n) is 25.5. The van der Waals surface area contributed by atoms with Crippen molar-refractivity contribution in [1.82, 2.24) is 0 Å². The van der Waals surface area contributed by atoms with Crippen molar-refractivity contribution in [3.05, 3.63) is 127 Å². The third-order valence-electron chi connectivity index (χ3n) is 9.54. The number of rotatable bonds is 3. The van der Waals surface area contributed by atoms with Gasteiger partial charge in [-0.15, -0.1) is 0 Å². The minimum Gasteiger partial charge on any atom is -0.509 e. The third kappa shape index (κ3) is 3.99. The molecule has 9 aromatic rings. The van der Waals surface area contributed by atoms with E-state index >= 15 is 0 Å². The molecule has 0 atom stereocenters. The van der Waals surface area contributed by atoms with Gasteiger partial charge in [-0.25, -0.2) is 0 Å². The summed E-state index contributed by atoms with van der Waals surface area (Å²) in [6, 6.07) is 43.4. The minimum absolute atomic E-state index is 0.0644. The number of hydrogen-bond donors (Lipinski definition) is 3. The fraction of sp³-hybridized carbons (Fsp3) is 0. The number of fused-ring (bicyclic) bond motifs is 7. The first-order chi connectivity index (χ1) is 23.4. The largest absolute Gasteiger partial charge is 0.509 e. The Balaban J connectivity index is 1.26. The van der Waals surface area contributed by atoms with Crippen LogP contribution in [0.15, 0.2) is 132 Å². The summed E-state index contributed by atoms with van der Waals surface area (Å²) in [7, 11) is 11.7. The molecule has 0 bridgehead atoms. The van der Waals surface area contributed by atoms with Crippen LogP contribution in [0.2, 0.25) is 0 Å². The lowest BCUT2D eigenvalue weighted by Crippen LogP contribution is -2.17. The molecule has 48 heavy (non-hydrogen) atoms. The van der Waals surface area contributed by atoms with Gasteiger partial charge in [-0.05, 0) is 83.9 Å². The second-order valence-corrected chi connectivity index (χ2v) is 12.1. The lowest BCUT2D eigenvalue weighted by molar-refractivity contribution is 0.442. The molecule has 0 saturated carbocycles. The molecule has 0 aliphatic heterocycles. The van der Waals surface area contributed by atoms with Crippen LogP contribution < -0.4 is 10.9 Å². The van der Waals surface area contributed by atoms with Gasteiger partial charge in [0, 0.05) is 16.2 Å². The maximum absolute atomic E-state index is 10.7. The Labute approximate surface area is 277 Å². The molecule has 8 aromatic carbocycles. The number of phenolic OH excluding ortho intramolecular Hbond substituents is 3. The van der Waals surface area contributed by atoms with Crippen LogP contribution in [0, 0.1) is 0 Å².